The van der Waals surface area contributed by atoms with Crippen LogP contribution in [0.2, 0.25) is 0 Å². The summed E-state index contributed by atoms with van der Waals surface area (Å²) in [7, 11) is 0. The summed E-state index contributed by atoms with van der Waals surface area (Å²) < 4.78 is 5.12. The van der Waals surface area contributed by atoms with E-state index in [1.807, 2.05) is 0 Å². The summed E-state index contributed by atoms with van der Waals surface area (Å²) >= 11 is 0. The fourth-order valence-electron chi connectivity index (χ4n) is 1.34. The first-order chi connectivity index (χ1) is 8.35. The topological polar surface area (TPSA) is 119 Å². The lowest BCUT2D eigenvalue weighted by Gasteiger charge is -2.19. The summed E-state index contributed by atoms with van der Waals surface area (Å²) in [6.45, 7) is 5.32. The zero-order chi connectivity index (χ0) is 13.3. The molecule has 0 fully saturated rings. The van der Waals surface area contributed by atoms with Gasteiger partial charge in [0.1, 0.15) is 11.9 Å². The predicted molar refractivity (Wildman–Crippen MR) is 66.0 cm³/mol. The maximum Gasteiger partial charge on any atom is 0.413 e. The molecule has 0 aliphatic rings. The molecule has 0 aliphatic heterocycles. The third kappa shape index (κ3) is 2.65. The monoisotopic (exact) mass is 250 g/mol. The second-order valence-corrected chi connectivity index (χ2v) is 4.67. The Balaban J connectivity index is 2.24. The number of nitrogens with two attached hydrogens (primary N) is 1. The molecule has 2 rings (SSSR count). The zero-order valence-electron chi connectivity index (χ0n) is 10.3. The van der Waals surface area contributed by atoms with Crippen molar-refractivity contribution in [3.05, 3.63) is 6.33 Å². The van der Waals surface area contributed by atoms with Gasteiger partial charge >= 0.3 is 6.09 Å². The van der Waals surface area contributed by atoms with E-state index < -0.39 is 11.7 Å². The Morgan fingerprint density at radius 1 is 1.44 bits per heavy atom. The van der Waals surface area contributed by atoms with Crippen molar-refractivity contribution in [2.24, 2.45) is 0 Å². The second-order valence-electron chi connectivity index (χ2n) is 4.67. The molecular formula is C10H14N6O2. The lowest BCUT2D eigenvalue weighted by molar-refractivity contribution is 0.0635. The van der Waals surface area contributed by atoms with Crippen LogP contribution in [-0.2, 0) is 4.74 Å². The van der Waals surface area contributed by atoms with E-state index in [0.717, 1.165) is 0 Å². The molecule has 0 saturated carbocycles. The van der Waals surface area contributed by atoms with E-state index >= 15 is 0 Å². The number of aromatic amines is 1. The molecule has 0 unspecified atom stereocenters. The van der Waals surface area contributed by atoms with Gasteiger partial charge in [0.05, 0.1) is 0 Å². The molecule has 2 heterocycles. The number of nitrogens with one attached hydrogen (secondary N) is 2. The molecule has 2 aromatic heterocycles. The van der Waals surface area contributed by atoms with E-state index in [0.29, 0.717) is 11.2 Å². The number of anilines is 2. The molecule has 1 amide bonds. The first-order valence-corrected chi connectivity index (χ1v) is 5.31. The molecule has 0 atom stereocenters. The van der Waals surface area contributed by atoms with Gasteiger partial charge in [-0.15, -0.1) is 0 Å². The SMILES string of the molecule is CC(C)(C)OC(=O)Nc1ncnc2[nH]c(N)nc12. The van der Waals surface area contributed by atoms with Crippen LogP contribution in [0.5, 0.6) is 0 Å². The third-order valence-electron chi connectivity index (χ3n) is 1.92. The molecule has 18 heavy (non-hydrogen) atoms. The number of nitrogen functional groups attached to an aromatic ring is 1. The Hall–Kier alpha value is -2.38. The minimum atomic E-state index is -0.607. The van der Waals surface area contributed by atoms with Crippen LogP contribution in [0.25, 0.3) is 11.2 Å². The average Bonchev–Trinajstić information content (AvgIpc) is 2.56. The standard InChI is InChI=1S/C10H14N6O2/c1-10(2,3)18-9(17)16-7-5-6(12-4-13-7)15-8(11)14-5/h4H,1-3H3,(H4,11,12,13,14,15,16,17). The van der Waals surface area contributed by atoms with Crippen LogP contribution in [-0.4, -0.2) is 31.6 Å². The van der Waals surface area contributed by atoms with Gasteiger partial charge in [-0.05, 0) is 20.8 Å². The molecule has 8 heteroatoms. The molecule has 0 bridgehead atoms. The van der Waals surface area contributed by atoms with Crippen LogP contribution < -0.4 is 11.1 Å². The van der Waals surface area contributed by atoms with Crippen LogP contribution in [0.1, 0.15) is 20.8 Å². The van der Waals surface area contributed by atoms with Crippen molar-refractivity contribution in [3.8, 4) is 0 Å². The van der Waals surface area contributed by atoms with E-state index in [2.05, 4.69) is 25.3 Å². The van der Waals surface area contributed by atoms with E-state index in [9.17, 15) is 4.79 Å². The van der Waals surface area contributed by atoms with Crippen LogP contribution in [0.4, 0.5) is 16.6 Å². The number of fused-ring (bicyclic) bond motifs is 1. The molecule has 0 saturated heterocycles. The van der Waals surface area contributed by atoms with Crippen molar-refractivity contribution in [2.75, 3.05) is 11.1 Å². The molecule has 96 valence electrons. The molecule has 2 aromatic rings. The summed E-state index contributed by atoms with van der Waals surface area (Å²) in [5.74, 6) is 0.458. The number of hydrogen-bond donors (Lipinski definition) is 3. The van der Waals surface area contributed by atoms with Gasteiger partial charge in [0.15, 0.2) is 22.9 Å². The van der Waals surface area contributed by atoms with Crippen LogP contribution >= 0.6 is 0 Å². The van der Waals surface area contributed by atoms with E-state index in [1.54, 1.807) is 20.8 Å². The lowest BCUT2D eigenvalue weighted by Crippen LogP contribution is -2.27. The lowest BCUT2D eigenvalue weighted by atomic mass is 10.2. The number of carbonyl (C=O) groups is 1. The Morgan fingerprint density at radius 2 is 2.17 bits per heavy atom. The van der Waals surface area contributed by atoms with Crippen LogP contribution in [0, 0.1) is 0 Å². The van der Waals surface area contributed by atoms with Gasteiger partial charge in [-0.3, -0.25) is 5.32 Å². The van der Waals surface area contributed by atoms with Crippen molar-refractivity contribution in [1.82, 2.24) is 19.9 Å². The fraction of sp³-hybridized carbons (Fsp3) is 0.400. The molecule has 0 aliphatic carbocycles. The molecule has 4 N–H and O–H groups in total. The minimum absolute atomic E-state index is 0.206. The van der Waals surface area contributed by atoms with Crippen LogP contribution in [0.3, 0.4) is 0 Å². The quantitative estimate of drug-likeness (QED) is 0.701. The number of amides is 1. The van der Waals surface area contributed by atoms with Crippen molar-refractivity contribution in [3.63, 3.8) is 0 Å². The number of imidazole rings is 1. The highest BCUT2D eigenvalue weighted by molar-refractivity contribution is 5.93. The molecular weight excluding hydrogens is 236 g/mol. The predicted octanol–water partition coefficient (Wildman–Crippen LogP) is 1.28. The van der Waals surface area contributed by atoms with Gasteiger partial charge in [0, 0.05) is 0 Å². The highest BCUT2D eigenvalue weighted by Crippen LogP contribution is 2.18. The maximum absolute atomic E-state index is 11.6. The van der Waals surface area contributed by atoms with Gasteiger partial charge in [0.25, 0.3) is 0 Å². The fourth-order valence-corrected chi connectivity index (χ4v) is 1.34. The largest absolute Gasteiger partial charge is 0.444 e. The van der Waals surface area contributed by atoms with Crippen molar-refractivity contribution < 1.29 is 9.53 Å². The molecule has 0 spiro atoms. The van der Waals surface area contributed by atoms with Crippen molar-refractivity contribution in [1.29, 1.82) is 0 Å². The molecule has 0 radical (unpaired) electrons. The number of hydrogen-bond acceptors (Lipinski definition) is 6. The van der Waals surface area contributed by atoms with E-state index in [1.165, 1.54) is 6.33 Å². The normalized spacial score (nSPS) is 11.5. The number of aromatic nitrogens is 4. The number of nitrogens with zero attached hydrogens (tertiary/aromatic N) is 3. The molecule has 8 nitrogen and oxygen atoms in total. The smallest absolute Gasteiger partial charge is 0.413 e. The number of carbonyl (C=O) groups excluding carboxylic acids is 1. The summed E-state index contributed by atoms with van der Waals surface area (Å²) in [6.07, 6.45) is 0.691. The first-order valence-electron chi connectivity index (χ1n) is 5.31. The summed E-state index contributed by atoms with van der Waals surface area (Å²) in [6, 6.07) is 0. The number of H-pyrrole nitrogens is 1. The maximum atomic E-state index is 11.6. The highest BCUT2D eigenvalue weighted by atomic mass is 16.6. The number of ether oxygens (including phenoxy) is 1. The summed E-state index contributed by atoms with van der Waals surface area (Å²) in [5, 5.41) is 2.50. The number of rotatable bonds is 1. The van der Waals surface area contributed by atoms with E-state index in [-0.39, 0.29) is 11.8 Å². The Kier molecular flexibility index (Phi) is 2.77. The zero-order valence-corrected chi connectivity index (χ0v) is 10.3. The van der Waals surface area contributed by atoms with E-state index in [4.69, 9.17) is 10.5 Å². The van der Waals surface area contributed by atoms with Gasteiger partial charge < -0.3 is 15.5 Å². The third-order valence-corrected chi connectivity index (χ3v) is 1.92. The van der Waals surface area contributed by atoms with Gasteiger partial charge in [-0.1, -0.05) is 0 Å². The summed E-state index contributed by atoms with van der Waals surface area (Å²) in [4.78, 5) is 26.2. The van der Waals surface area contributed by atoms with Crippen LogP contribution in [0.15, 0.2) is 6.33 Å². The summed E-state index contributed by atoms with van der Waals surface area (Å²) in [5.41, 5.74) is 5.77. The van der Waals surface area contributed by atoms with Gasteiger partial charge in [-0.25, -0.2) is 19.7 Å². The molecule has 0 aromatic carbocycles. The Labute approximate surface area is 103 Å². The van der Waals surface area contributed by atoms with Crippen molar-refractivity contribution >= 4 is 29.0 Å². The average molecular weight is 250 g/mol. The minimum Gasteiger partial charge on any atom is -0.444 e. The first kappa shape index (κ1) is 12.1. The van der Waals surface area contributed by atoms with Gasteiger partial charge in [0.2, 0.25) is 0 Å². The Morgan fingerprint density at radius 3 is 2.83 bits per heavy atom. The Bertz CT molecular complexity index is 586. The van der Waals surface area contributed by atoms with Gasteiger partial charge in [-0.2, -0.15) is 0 Å². The highest BCUT2D eigenvalue weighted by Gasteiger charge is 2.18. The second kappa shape index (κ2) is 4.13. The van der Waals surface area contributed by atoms with Crippen molar-refractivity contribution in [2.45, 2.75) is 26.4 Å².